The third kappa shape index (κ3) is 2.00. The van der Waals surface area contributed by atoms with E-state index in [-0.39, 0.29) is 0 Å². The van der Waals surface area contributed by atoms with Crippen LogP contribution in [0.1, 0.15) is 50.2 Å². The molecule has 1 aliphatic rings. The van der Waals surface area contributed by atoms with Gasteiger partial charge in [0.15, 0.2) is 0 Å². The summed E-state index contributed by atoms with van der Waals surface area (Å²) in [7, 11) is 0. The fourth-order valence-electron chi connectivity index (χ4n) is 2.33. The zero-order chi connectivity index (χ0) is 9.97. The highest BCUT2D eigenvalue weighted by Gasteiger charge is 2.36. The Morgan fingerprint density at radius 3 is 2.36 bits per heavy atom. The van der Waals surface area contributed by atoms with Crippen molar-refractivity contribution in [1.29, 1.82) is 0 Å². The van der Waals surface area contributed by atoms with Crippen LogP contribution in [0.2, 0.25) is 0 Å². The minimum atomic E-state index is 0.885. The number of hydrogen-bond donors (Lipinski definition) is 0. The van der Waals surface area contributed by atoms with Gasteiger partial charge in [-0.2, -0.15) is 0 Å². The molecule has 1 saturated carbocycles. The Kier molecular flexibility index (Phi) is 2.90. The van der Waals surface area contributed by atoms with Crippen molar-refractivity contribution in [1.82, 2.24) is 0 Å². The Bertz CT molecular complexity index is 283. The van der Waals surface area contributed by atoms with Crippen molar-refractivity contribution in [2.75, 3.05) is 0 Å². The zero-order valence-corrected chi connectivity index (χ0v) is 9.29. The van der Waals surface area contributed by atoms with Crippen molar-refractivity contribution in [3.63, 3.8) is 0 Å². The van der Waals surface area contributed by atoms with E-state index in [1.165, 1.54) is 31.2 Å². The van der Waals surface area contributed by atoms with Crippen molar-refractivity contribution in [2.24, 2.45) is 5.92 Å². The molecule has 0 radical (unpaired) electrons. The van der Waals surface area contributed by atoms with Crippen molar-refractivity contribution in [3.8, 4) is 0 Å². The summed E-state index contributed by atoms with van der Waals surface area (Å²) in [5.74, 6) is 1.86. The highest BCUT2D eigenvalue weighted by molar-refractivity contribution is 5.29. The molecule has 1 aromatic rings. The number of benzene rings is 1. The van der Waals surface area contributed by atoms with Gasteiger partial charge in [-0.15, -0.1) is 0 Å². The lowest BCUT2D eigenvalue weighted by molar-refractivity contribution is 0.766. The van der Waals surface area contributed by atoms with Gasteiger partial charge in [-0.1, -0.05) is 51.0 Å². The van der Waals surface area contributed by atoms with Gasteiger partial charge in [0.25, 0.3) is 0 Å². The Labute approximate surface area is 87.3 Å². The van der Waals surface area contributed by atoms with Crippen molar-refractivity contribution in [3.05, 3.63) is 35.4 Å². The van der Waals surface area contributed by atoms with E-state index in [4.69, 9.17) is 0 Å². The number of rotatable bonds is 4. The Balaban J connectivity index is 2.00. The van der Waals surface area contributed by atoms with Gasteiger partial charge in [0.05, 0.1) is 0 Å². The quantitative estimate of drug-likeness (QED) is 0.665. The lowest BCUT2D eigenvalue weighted by atomic mass is 10.0. The van der Waals surface area contributed by atoms with Crippen molar-refractivity contribution < 1.29 is 0 Å². The molecule has 14 heavy (non-hydrogen) atoms. The van der Waals surface area contributed by atoms with E-state index in [1.807, 2.05) is 0 Å². The summed E-state index contributed by atoms with van der Waals surface area (Å²) in [5.41, 5.74) is 3.06. The van der Waals surface area contributed by atoms with Crippen LogP contribution in [-0.2, 0) is 6.42 Å². The molecule has 0 aromatic heterocycles. The van der Waals surface area contributed by atoms with E-state index in [0.29, 0.717) is 0 Å². The number of aryl methyl sites for hydroxylation is 1. The molecule has 0 aliphatic heterocycles. The van der Waals surface area contributed by atoms with Crippen LogP contribution in [0.4, 0.5) is 0 Å². The largest absolute Gasteiger partial charge is 0.0651 e. The molecule has 0 nitrogen and oxygen atoms in total. The molecular weight excluding hydrogens is 168 g/mol. The molecule has 0 N–H and O–H groups in total. The van der Waals surface area contributed by atoms with E-state index >= 15 is 0 Å². The summed E-state index contributed by atoms with van der Waals surface area (Å²) in [6.07, 6.45) is 5.24. The van der Waals surface area contributed by atoms with Crippen LogP contribution in [0.15, 0.2) is 24.3 Å². The third-order valence-electron chi connectivity index (χ3n) is 3.39. The summed E-state index contributed by atoms with van der Waals surface area (Å²) < 4.78 is 0. The molecule has 1 aromatic carbocycles. The highest BCUT2D eigenvalue weighted by atomic mass is 14.4. The van der Waals surface area contributed by atoms with Crippen LogP contribution >= 0.6 is 0 Å². The molecule has 2 unspecified atom stereocenters. The highest BCUT2D eigenvalue weighted by Crippen LogP contribution is 2.49. The summed E-state index contributed by atoms with van der Waals surface area (Å²) in [6.45, 7) is 4.54. The van der Waals surface area contributed by atoms with Crippen LogP contribution in [0.3, 0.4) is 0 Å². The lowest BCUT2D eigenvalue weighted by Crippen LogP contribution is -1.86. The smallest absolute Gasteiger partial charge is 0.0131 e. The van der Waals surface area contributed by atoms with E-state index in [2.05, 4.69) is 38.1 Å². The van der Waals surface area contributed by atoms with E-state index in [0.717, 1.165) is 11.8 Å². The first-order valence-electron chi connectivity index (χ1n) is 5.94. The SMILES string of the molecule is CCCc1ccc(C2CC2CC)cc1. The van der Waals surface area contributed by atoms with E-state index in [9.17, 15) is 0 Å². The first-order valence-corrected chi connectivity index (χ1v) is 5.94. The molecule has 0 saturated heterocycles. The predicted octanol–water partition coefficient (Wildman–Crippen LogP) is 4.15. The molecule has 0 heteroatoms. The first-order chi connectivity index (χ1) is 6.85. The summed E-state index contributed by atoms with van der Waals surface area (Å²) in [5, 5.41) is 0. The van der Waals surface area contributed by atoms with Gasteiger partial charge in [0.2, 0.25) is 0 Å². The molecule has 0 heterocycles. The minimum absolute atomic E-state index is 0.885. The van der Waals surface area contributed by atoms with E-state index < -0.39 is 0 Å². The van der Waals surface area contributed by atoms with Crippen LogP contribution < -0.4 is 0 Å². The van der Waals surface area contributed by atoms with Gasteiger partial charge in [-0.3, -0.25) is 0 Å². The van der Waals surface area contributed by atoms with Gasteiger partial charge in [-0.25, -0.2) is 0 Å². The summed E-state index contributed by atoms with van der Waals surface area (Å²) in [4.78, 5) is 0. The number of hydrogen-bond acceptors (Lipinski definition) is 0. The van der Waals surface area contributed by atoms with Gasteiger partial charge >= 0.3 is 0 Å². The molecule has 0 amide bonds. The fourth-order valence-corrected chi connectivity index (χ4v) is 2.33. The van der Waals surface area contributed by atoms with Gasteiger partial charge < -0.3 is 0 Å². The maximum atomic E-state index is 2.34. The lowest BCUT2D eigenvalue weighted by Gasteiger charge is -2.02. The summed E-state index contributed by atoms with van der Waals surface area (Å²) in [6, 6.07) is 9.30. The second-order valence-electron chi connectivity index (χ2n) is 4.50. The average Bonchev–Trinajstić information content (AvgIpc) is 2.99. The second kappa shape index (κ2) is 4.16. The molecule has 76 valence electrons. The normalized spacial score (nSPS) is 25.0. The standard InChI is InChI=1S/C14H20/c1-3-5-11-6-8-13(9-7-11)14-10-12(14)4-2/h6-9,12,14H,3-5,10H2,1-2H3. The molecular formula is C14H20. The molecule has 1 aliphatic carbocycles. The van der Waals surface area contributed by atoms with Gasteiger partial charge in [0, 0.05) is 0 Å². The third-order valence-corrected chi connectivity index (χ3v) is 3.39. The zero-order valence-electron chi connectivity index (χ0n) is 9.29. The van der Waals surface area contributed by atoms with Crippen molar-refractivity contribution in [2.45, 2.75) is 45.4 Å². The maximum Gasteiger partial charge on any atom is -0.0131 e. The second-order valence-corrected chi connectivity index (χ2v) is 4.50. The van der Waals surface area contributed by atoms with Crippen LogP contribution in [0.5, 0.6) is 0 Å². The fraction of sp³-hybridized carbons (Fsp3) is 0.571. The van der Waals surface area contributed by atoms with Crippen LogP contribution in [0, 0.1) is 5.92 Å². The average molecular weight is 188 g/mol. The van der Waals surface area contributed by atoms with Gasteiger partial charge in [0.1, 0.15) is 0 Å². The van der Waals surface area contributed by atoms with Crippen LogP contribution in [-0.4, -0.2) is 0 Å². The monoisotopic (exact) mass is 188 g/mol. The van der Waals surface area contributed by atoms with Crippen molar-refractivity contribution >= 4 is 0 Å². The molecule has 2 atom stereocenters. The maximum absolute atomic E-state index is 2.34. The summed E-state index contributed by atoms with van der Waals surface area (Å²) >= 11 is 0. The molecule has 0 bridgehead atoms. The Morgan fingerprint density at radius 1 is 1.14 bits per heavy atom. The topological polar surface area (TPSA) is 0 Å². The predicted molar refractivity (Wildman–Crippen MR) is 61.6 cm³/mol. The van der Waals surface area contributed by atoms with E-state index in [1.54, 1.807) is 5.56 Å². The molecule has 0 spiro atoms. The molecule has 2 rings (SSSR count). The molecule has 1 fully saturated rings. The van der Waals surface area contributed by atoms with Crippen LogP contribution in [0.25, 0.3) is 0 Å². The Morgan fingerprint density at radius 2 is 1.86 bits per heavy atom. The first kappa shape index (κ1) is 9.76. The van der Waals surface area contributed by atoms with Gasteiger partial charge in [-0.05, 0) is 35.8 Å². The minimum Gasteiger partial charge on any atom is -0.0651 e. The Hall–Kier alpha value is -0.780.